The molecule has 3 N–H and O–H groups in total. The number of nitrogens with zero attached hydrogens (tertiary/aromatic N) is 2. The fourth-order valence-electron chi connectivity index (χ4n) is 2.87. The molecule has 0 aliphatic carbocycles. The molecule has 6 heteroatoms. The summed E-state index contributed by atoms with van der Waals surface area (Å²) in [5.74, 6) is -0.186. The van der Waals surface area contributed by atoms with Crippen molar-refractivity contribution in [2.24, 2.45) is 5.73 Å². The van der Waals surface area contributed by atoms with Gasteiger partial charge in [-0.2, -0.15) is 5.26 Å². The van der Waals surface area contributed by atoms with E-state index in [2.05, 4.69) is 16.3 Å². The Kier molecular flexibility index (Phi) is 5.57. The maximum absolute atomic E-state index is 12.6. The van der Waals surface area contributed by atoms with Crippen LogP contribution in [0.2, 0.25) is 5.02 Å². The Balaban J connectivity index is 1.66. The molecule has 2 aromatic rings. The Hall–Kier alpha value is -2.81. The second kappa shape index (κ2) is 8.05. The molecule has 0 radical (unpaired) electrons. The Morgan fingerprint density at radius 3 is 2.54 bits per heavy atom. The van der Waals surface area contributed by atoms with Crippen LogP contribution in [0.4, 0.5) is 5.69 Å². The minimum atomic E-state index is -0.186. The molecule has 26 heavy (non-hydrogen) atoms. The van der Waals surface area contributed by atoms with Gasteiger partial charge in [-0.1, -0.05) is 23.7 Å². The first-order valence-corrected chi connectivity index (χ1v) is 8.69. The lowest BCUT2D eigenvalue weighted by Crippen LogP contribution is -2.37. The number of benzene rings is 2. The van der Waals surface area contributed by atoms with E-state index in [1.54, 1.807) is 36.4 Å². The van der Waals surface area contributed by atoms with Gasteiger partial charge in [0.2, 0.25) is 0 Å². The molecule has 0 spiro atoms. The summed E-state index contributed by atoms with van der Waals surface area (Å²) in [5.41, 5.74) is 9.74. The Labute approximate surface area is 157 Å². The molecular weight excluding hydrogens is 348 g/mol. The van der Waals surface area contributed by atoms with Crippen molar-refractivity contribution in [1.82, 2.24) is 4.90 Å². The standard InChI is InChI=1S/C20H19ClN4O/c21-16-5-7-17(8-6-16)24-20(26)18-13-25(10-9-19(18)23)12-15-3-1-14(11-22)2-4-15/h1-8H,9-10,12-13,23H2,(H,24,26). The van der Waals surface area contributed by atoms with E-state index in [1.807, 2.05) is 12.1 Å². The van der Waals surface area contributed by atoms with E-state index in [4.69, 9.17) is 22.6 Å². The van der Waals surface area contributed by atoms with Crippen molar-refractivity contribution >= 4 is 23.2 Å². The van der Waals surface area contributed by atoms with Crippen LogP contribution in [0.1, 0.15) is 17.5 Å². The van der Waals surface area contributed by atoms with E-state index in [0.717, 1.165) is 12.1 Å². The molecule has 1 aliphatic heterocycles. The van der Waals surface area contributed by atoms with Crippen LogP contribution in [0.5, 0.6) is 0 Å². The molecule has 0 atom stereocenters. The zero-order chi connectivity index (χ0) is 18.5. The third-order valence-electron chi connectivity index (χ3n) is 4.33. The monoisotopic (exact) mass is 366 g/mol. The van der Waals surface area contributed by atoms with E-state index in [0.29, 0.717) is 47.1 Å². The average molecular weight is 367 g/mol. The number of rotatable bonds is 4. The van der Waals surface area contributed by atoms with Gasteiger partial charge < -0.3 is 11.1 Å². The first-order valence-electron chi connectivity index (χ1n) is 8.31. The summed E-state index contributed by atoms with van der Waals surface area (Å²) in [5, 5.41) is 12.4. The van der Waals surface area contributed by atoms with Crippen molar-refractivity contribution in [2.45, 2.75) is 13.0 Å². The Morgan fingerprint density at radius 2 is 1.88 bits per heavy atom. The fraction of sp³-hybridized carbons (Fsp3) is 0.200. The van der Waals surface area contributed by atoms with Crippen LogP contribution in [-0.2, 0) is 11.3 Å². The summed E-state index contributed by atoms with van der Waals surface area (Å²) in [6.07, 6.45) is 0.652. The van der Waals surface area contributed by atoms with Gasteiger partial charge in [0.15, 0.2) is 0 Å². The van der Waals surface area contributed by atoms with Gasteiger partial charge in [0, 0.05) is 42.5 Å². The van der Waals surface area contributed by atoms with Crippen LogP contribution in [0.15, 0.2) is 59.8 Å². The molecule has 1 heterocycles. The van der Waals surface area contributed by atoms with Crippen LogP contribution in [-0.4, -0.2) is 23.9 Å². The van der Waals surface area contributed by atoms with Crippen molar-refractivity contribution in [1.29, 1.82) is 5.26 Å². The van der Waals surface area contributed by atoms with Crippen molar-refractivity contribution < 1.29 is 4.79 Å². The largest absolute Gasteiger partial charge is 0.402 e. The quantitative estimate of drug-likeness (QED) is 0.870. The number of halogens is 1. The van der Waals surface area contributed by atoms with Crippen molar-refractivity contribution in [3.05, 3.63) is 76.0 Å². The predicted octanol–water partition coefficient (Wildman–Crippen LogP) is 3.27. The predicted molar refractivity (Wildman–Crippen MR) is 102 cm³/mol. The normalized spacial score (nSPS) is 14.8. The van der Waals surface area contributed by atoms with Crippen LogP contribution < -0.4 is 11.1 Å². The van der Waals surface area contributed by atoms with Gasteiger partial charge in [-0.15, -0.1) is 0 Å². The van der Waals surface area contributed by atoms with E-state index < -0.39 is 0 Å². The van der Waals surface area contributed by atoms with Crippen molar-refractivity contribution in [2.75, 3.05) is 18.4 Å². The summed E-state index contributed by atoms with van der Waals surface area (Å²) in [6, 6.07) is 16.6. The first-order chi connectivity index (χ1) is 12.5. The van der Waals surface area contributed by atoms with Gasteiger partial charge in [-0.05, 0) is 42.0 Å². The van der Waals surface area contributed by atoms with Crippen LogP contribution in [0, 0.1) is 11.3 Å². The second-order valence-electron chi connectivity index (χ2n) is 6.23. The first kappa shape index (κ1) is 18.0. The molecule has 1 amide bonds. The smallest absolute Gasteiger partial charge is 0.254 e. The molecule has 0 saturated heterocycles. The highest BCUT2D eigenvalue weighted by Crippen LogP contribution is 2.20. The number of amides is 1. The van der Waals surface area contributed by atoms with Gasteiger partial charge in [-0.25, -0.2) is 0 Å². The molecule has 2 aromatic carbocycles. The third kappa shape index (κ3) is 4.42. The molecule has 0 aromatic heterocycles. The van der Waals surface area contributed by atoms with E-state index in [-0.39, 0.29) is 5.91 Å². The number of hydrogen-bond donors (Lipinski definition) is 2. The number of nitriles is 1. The fourth-order valence-corrected chi connectivity index (χ4v) is 2.99. The van der Waals surface area contributed by atoms with E-state index in [1.165, 1.54) is 0 Å². The van der Waals surface area contributed by atoms with Gasteiger partial charge in [0.25, 0.3) is 5.91 Å². The van der Waals surface area contributed by atoms with Gasteiger partial charge in [0.05, 0.1) is 17.2 Å². The molecule has 0 saturated carbocycles. The lowest BCUT2D eigenvalue weighted by Gasteiger charge is -2.29. The maximum Gasteiger partial charge on any atom is 0.254 e. The number of carbonyl (C=O) groups excluding carboxylic acids is 1. The Bertz CT molecular complexity index is 866. The van der Waals surface area contributed by atoms with Crippen LogP contribution in [0.25, 0.3) is 0 Å². The highest BCUT2D eigenvalue weighted by atomic mass is 35.5. The molecule has 3 rings (SSSR count). The molecular formula is C20H19ClN4O. The second-order valence-corrected chi connectivity index (χ2v) is 6.67. The number of nitrogens with one attached hydrogen (secondary N) is 1. The van der Waals surface area contributed by atoms with E-state index in [9.17, 15) is 4.79 Å². The lowest BCUT2D eigenvalue weighted by atomic mass is 10.0. The molecule has 132 valence electrons. The number of anilines is 1. The topological polar surface area (TPSA) is 82.2 Å². The highest BCUT2D eigenvalue weighted by molar-refractivity contribution is 6.30. The summed E-state index contributed by atoms with van der Waals surface area (Å²) < 4.78 is 0. The molecule has 5 nitrogen and oxygen atoms in total. The van der Waals surface area contributed by atoms with Gasteiger partial charge in [-0.3, -0.25) is 9.69 Å². The third-order valence-corrected chi connectivity index (χ3v) is 4.58. The molecule has 1 aliphatic rings. The van der Waals surface area contributed by atoms with Crippen molar-refractivity contribution in [3.63, 3.8) is 0 Å². The summed E-state index contributed by atoms with van der Waals surface area (Å²) in [6.45, 7) is 1.99. The Morgan fingerprint density at radius 1 is 1.19 bits per heavy atom. The zero-order valence-electron chi connectivity index (χ0n) is 14.2. The lowest BCUT2D eigenvalue weighted by molar-refractivity contribution is -0.113. The molecule has 0 fully saturated rings. The number of carbonyl (C=O) groups is 1. The minimum absolute atomic E-state index is 0.186. The minimum Gasteiger partial charge on any atom is -0.402 e. The van der Waals surface area contributed by atoms with Crippen LogP contribution >= 0.6 is 11.6 Å². The van der Waals surface area contributed by atoms with Crippen LogP contribution in [0.3, 0.4) is 0 Å². The number of nitrogens with two attached hydrogens (primary N) is 1. The highest BCUT2D eigenvalue weighted by Gasteiger charge is 2.22. The number of hydrogen-bond acceptors (Lipinski definition) is 4. The maximum atomic E-state index is 12.6. The summed E-state index contributed by atoms with van der Waals surface area (Å²) in [4.78, 5) is 14.8. The average Bonchev–Trinajstić information content (AvgIpc) is 2.65. The summed E-state index contributed by atoms with van der Waals surface area (Å²) in [7, 11) is 0. The zero-order valence-corrected chi connectivity index (χ0v) is 15.0. The van der Waals surface area contributed by atoms with Gasteiger partial charge in [0.1, 0.15) is 0 Å². The SMILES string of the molecule is N#Cc1ccc(CN2CCC(N)=C(C(=O)Nc3ccc(Cl)cc3)C2)cc1. The van der Waals surface area contributed by atoms with Gasteiger partial charge >= 0.3 is 0 Å². The van der Waals surface area contributed by atoms with E-state index >= 15 is 0 Å². The summed E-state index contributed by atoms with van der Waals surface area (Å²) >= 11 is 5.87. The molecule has 0 unspecified atom stereocenters. The molecule has 0 bridgehead atoms. The van der Waals surface area contributed by atoms with Crippen molar-refractivity contribution in [3.8, 4) is 6.07 Å².